The second-order valence-corrected chi connectivity index (χ2v) is 5.29. The number of hydrogen-bond donors (Lipinski definition) is 1. The Hall–Kier alpha value is -1.75. The molecule has 0 bridgehead atoms. The van der Waals surface area contributed by atoms with Crippen LogP contribution in [0.1, 0.15) is 43.1 Å². The minimum absolute atomic E-state index is 0.606. The minimum Gasteiger partial charge on any atom is -0.339 e. The van der Waals surface area contributed by atoms with Crippen molar-refractivity contribution in [3.8, 4) is 0 Å². The van der Waals surface area contributed by atoms with E-state index in [9.17, 15) is 0 Å². The third-order valence-corrected chi connectivity index (χ3v) is 3.69. The van der Waals surface area contributed by atoms with Gasteiger partial charge in [-0.3, -0.25) is 4.98 Å². The summed E-state index contributed by atoms with van der Waals surface area (Å²) in [7, 11) is 0. The Kier molecular flexibility index (Phi) is 4.38. The zero-order valence-electron chi connectivity index (χ0n) is 11.6. The molecule has 1 aliphatic heterocycles. The largest absolute Gasteiger partial charge is 0.339 e. The summed E-state index contributed by atoms with van der Waals surface area (Å²) in [6, 6.07) is 6.46. The first kappa shape index (κ1) is 13.2. The maximum Gasteiger partial charge on any atom is 0.226 e. The molecule has 5 nitrogen and oxygen atoms in total. The lowest BCUT2D eigenvalue weighted by Gasteiger charge is -2.22. The summed E-state index contributed by atoms with van der Waals surface area (Å²) < 4.78 is 5.31. The summed E-state index contributed by atoms with van der Waals surface area (Å²) in [6.45, 7) is 1.14. The molecular weight excluding hydrogens is 252 g/mol. The van der Waals surface area contributed by atoms with Crippen molar-refractivity contribution in [2.45, 2.75) is 44.6 Å². The van der Waals surface area contributed by atoms with Crippen LogP contribution in [0.5, 0.6) is 0 Å². The first-order valence-electron chi connectivity index (χ1n) is 7.35. The van der Waals surface area contributed by atoms with Gasteiger partial charge in [0.15, 0.2) is 5.82 Å². The number of piperidine rings is 1. The molecule has 3 heterocycles. The van der Waals surface area contributed by atoms with Gasteiger partial charge >= 0.3 is 0 Å². The highest BCUT2D eigenvalue weighted by atomic mass is 16.5. The Bertz CT molecular complexity index is 520. The Balaban J connectivity index is 1.51. The van der Waals surface area contributed by atoms with Gasteiger partial charge in [-0.2, -0.15) is 4.98 Å². The van der Waals surface area contributed by atoms with E-state index in [1.165, 1.54) is 19.3 Å². The van der Waals surface area contributed by atoms with Gasteiger partial charge in [-0.1, -0.05) is 17.6 Å². The van der Waals surface area contributed by atoms with E-state index in [1.807, 2.05) is 18.2 Å². The van der Waals surface area contributed by atoms with Crippen molar-refractivity contribution >= 4 is 0 Å². The summed E-state index contributed by atoms with van der Waals surface area (Å²) >= 11 is 0. The average molecular weight is 272 g/mol. The highest BCUT2D eigenvalue weighted by Crippen LogP contribution is 2.13. The van der Waals surface area contributed by atoms with Gasteiger partial charge in [0, 0.05) is 24.4 Å². The molecule has 0 radical (unpaired) electrons. The van der Waals surface area contributed by atoms with Crippen molar-refractivity contribution in [3.63, 3.8) is 0 Å². The number of nitrogens with one attached hydrogen (secondary N) is 1. The van der Waals surface area contributed by atoms with E-state index >= 15 is 0 Å². The summed E-state index contributed by atoms with van der Waals surface area (Å²) in [5.74, 6) is 1.46. The minimum atomic E-state index is 0.606. The molecule has 0 amide bonds. The highest BCUT2D eigenvalue weighted by molar-refractivity contribution is 5.09. The molecule has 2 aromatic rings. The smallest absolute Gasteiger partial charge is 0.226 e. The maximum atomic E-state index is 5.31. The summed E-state index contributed by atoms with van der Waals surface area (Å²) in [4.78, 5) is 8.72. The van der Waals surface area contributed by atoms with Crippen LogP contribution in [0, 0.1) is 0 Å². The highest BCUT2D eigenvalue weighted by Gasteiger charge is 2.14. The molecule has 1 aliphatic rings. The summed E-state index contributed by atoms with van der Waals surface area (Å²) in [6.07, 6.45) is 8.22. The standard InChI is InChI=1S/C15H20N4O/c1-3-9-16-12(5-1)7-8-15-18-14(19-20-15)11-13-6-2-4-10-17-13/h2,4,6,10,12,16H,1,3,5,7-9,11H2. The molecule has 1 unspecified atom stereocenters. The SMILES string of the molecule is c1ccc(Cc2noc(CCC3CCCCN3)n2)nc1. The Labute approximate surface area is 118 Å². The Morgan fingerprint density at radius 2 is 2.30 bits per heavy atom. The predicted molar refractivity (Wildman–Crippen MR) is 75.3 cm³/mol. The predicted octanol–water partition coefficient (Wildman–Crippen LogP) is 2.13. The summed E-state index contributed by atoms with van der Waals surface area (Å²) in [5, 5.41) is 7.56. The third-order valence-electron chi connectivity index (χ3n) is 3.69. The lowest BCUT2D eigenvalue weighted by molar-refractivity contribution is 0.341. The van der Waals surface area contributed by atoms with Crippen LogP contribution in [0.15, 0.2) is 28.9 Å². The van der Waals surface area contributed by atoms with Crippen molar-refractivity contribution in [1.29, 1.82) is 0 Å². The van der Waals surface area contributed by atoms with Gasteiger partial charge in [0.25, 0.3) is 0 Å². The first-order chi connectivity index (χ1) is 9.90. The fourth-order valence-electron chi connectivity index (χ4n) is 2.60. The van der Waals surface area contributed by atoms with Crippen molar-refractivity contribution < 1.29 is 4.52 Å². The van der Waals surface area contributed by atoms with E-state index < -0.39 is 0 Å². The molecule has 0 saturated carbocycles. The normalized spacial score (nSPS) is 19.1. The fourth-order valence-corrected chi connectivity index (χ4v) is 2.60. The van der Waals surface area contributed by atoms with Crippen LogP contribution in [-0.4, -0.2) is 27.7 Å². The van der Waals surface area contributed by atoms with Crippen molar-refractivity contribution in [3.05, 3.63) is 41.8 Å². The Morgan fingerprint density at radius 3 is 3.10 bits per heavy atom. The summed E-state index contributed by atoms with van der Waals surface area (Å²) in [5.41, 5.74) is 0.966. The molecular formula is C15H20N4O. The Morgan fingerprint density at radius 1 is 1.30 bits per heavy atom. The lowest BCUT2D eigenvalue weighted by Crippen LogP contribution is -2.34. The van der Waals surface area contributed by atoms with Crippen LogP contribution in [0.4, 0.5) is 0 Å². The quantitative estimate of drug-likeness (QED) is 0.903. The molecule has 0 aliphatic carbocycles. The molecule has 1 saturated heterocycles. The van der Waals surface area contributed by atoms with Crippen molar-refractivity contribution in [2.24, 2.45) is 0 Å². The first-order valence-corrected chi connectivity index (χ1v) is 7.35. The molecule has 0 spiro atoms. The topological polar surface area (TPSA) is 63.8 Å². The average Bonchev–Trinajstić information content (AvgIpc) is 2.95. The molecule has 1 fully saturated rings. The maximum absolute atomic E-state index is 5.31. The monoisotopic (exact) mass is 272 g/mol. The second kappa shape index (κ2) is 6.61. The molecule has 0 aromatic carbocycles. The molecule has 1 atom stereocenters. The zero-order valence-corrected chi connectivity index (χ0v) is 11.6. The van der Waals surface area contributed by atoms with E-state index in [4.69, 9.17) is 4.52 Å². The van der Waals surface area contributed by atoms with Crippen LogP contribution in [0.25, 0.3) is 0 Å². The van der Waals surface area contributed by atoms with Crippen LogP contribution < -0.4 is 5.32 Å². The van der Waals surface area contributed by atoms with Crippen LogP contribution in [0.2, 0.25) is 0 Å². The number of nitrogens with zero attached hydrogens (tertiary/aromatic N) is 3. The van der Waals surface area contributed by atoms with Gasteiger partial charge in [-0.25, -0.2) is 0 Å². The second-order valence-electron chi connectivity index (χ2n) is 5.29. The number of hydrogen-bond acceptors (Lipinski definition) is 5. The number of pyridine rings is 1. The molecule has 5 heteroatoms. The van der Waals surface area contributed by atoms with Gasteiger partial charge in [-0.05, 0) is 37.9 Å². The number of aryl methyl sites for hydroxylation is 1. The van der Waals surface area contributed by atoms with Crippen LogP contribution in [0.3, 0.4) is 0 Å². The van der Waals surface area contributed by atoms with E-state index in [1.54, 1.807) is 6.20 Å². The molecule has 1 N–H and O–H groups in total. The lowest BCUT2D eigenvalue weighted by atomic mass is 10.0. The molecule has 106 valence electrons. The number of rotatable bonds is 5. The third kappa shape index (κ3) is 3.63. The van der Waals surface area contributed by atoms with E-state index in [-0.39, 0.29) is 0 Å². The van der Waals surface area contributed by atoms with Gasteiger partial charge in [-0.15, -0.1) is 0 Å². The molecule has 20 heavy (non-hydrogen) atoms. The van der Waals surface area contributed by atoms with Crippen molar-refractivity contribution in [1.82, 2.24) is 20.4 Å². The van der Waals surface area contributed by atoms with Crippen LogP contribution in [-0.2, 0) is 12.8 Å². The molecule has 2 aromatic heterocycles. The molecule has 3 rings (SSSR count). The van der Waals surface area contributed by atoms with Gasteiger partial charge < -0.3 is 9.84 Å². The van der Waals surface area contributed by atoms with Gasteiger partial charge in [0.05, 0.1) is 6.42 Å². The van der Waals surface area contributed by atoms with Crippen molar-refractivity contribution in [2.75, 3.05) is 6.54 Å². The van der Waals surface area contributed by atoms with Gasteiger partial charge in [0.2, 0.25) is 5.89 Å². The van der Waals surface area contributed by atoms with E-state index in [0.29, 0.717) is 12.5 Å². The zero-order chi connectivity index (χ0) is 13.6. The number of aromatic nitrogens is 3. The van der Waals surface area contributed by atoms with E-state index in [0.717, 1.165) is 36.8 Å². The van der Waals surface area contributed by atoms with Crippen LogP contribution >= 0.6 is 0 Å². The van der Waals surface area contributed by atoms with E-state index in [2.05, 4.69) is 20.4 Å². The van der Waals surface area contributed by atoms with Gasteiger partial charge in [0.1, 0.15) is 0 Å². The fraction of sp³-hybridized carbons (Fsp3) is 0.533.